The second-order valence-corrected chi connectivity index (χ2v) is 9.94. The maximum Gasteiger partial charge on any atom is 0.258 e. The molecule has 1 amide bonds. The summed E-state index contributed by atoms with van der Waals surface area (Å²) in [6.45, 7) is 9.76. The Kier molecular flexibility index (Phi) is 6.44. The van der Waals surface area contributed by atoms with Gasteiger partial charge in [-0.25, -0.2) is 8.42 Å². The molecule has 1 aliphatic heterocycles. The highest BCUT2D eigenvalue weighted by atomic mass is 32.2. The van der Waals surface area contributed by atoms with Crippen LogP contribution in [0, 0.1) is 19.8 Å². The number of nitrogens with zero attached hydrogens (tertiary/aromatic N) is 2. The minimum absolute atomic E-state index is 0.131. The number of hydrogen-bond donors (Lipinski definition) is 0. The van der Waals surface area contributed by atoms with Gasteiger partial charge in [-0.2, -0.15) is 4.31 Å². The standard InChI is InChI=1S/C23H30N2O3S/c1-5-25(21-15-18(3)14-19(4)16-21)23(26)20-6-8-22(9-7-20)29(27,28)24-12-10-17(2)11-13-24/h6-9,14-17H,5,10-13H2,1-4H3. The van der Waals surface area contributed by atoms with E-state index >= 15 is 0 Å². The molecule has 0 bridgehead atoms. The Bertz CT molecular complexity index is 955. The molecular weight excluding hydrogens is 384 g/mol. The van der Waals surface area contributed by atoms with E-state index in [-0.39, 0.29) is 10.8 Å². The van der Waals surface area contributed by atoms with Crippen LogP contribution < -0.4 is 4.90 Å². The summed E-state index contributed by atoms with van der Waals surface area (Å²) in [5.41, 5.74) is 3.54. The van der Waals surface area contributed by atoms with Crippen molar-refractivity contribution in [2.45, 2.75) is 45.4 Å². The predicted molar refractivity (Wildman–Crippen MR) is 117 cm³/mol. The number of benzene rings is 2. The zero-order chi connectivity index (χ0) is 21.2. The number of hydrogen-bond acceptors (Lipinski definition) is 3. The van der Waals surface area contributed by atoms with Gasteiger partial charge in [0.05, 0.1) is 4.90 Å². The van der Waals surface area contributed by atoms with Gasteiger partial charge in [0.25, 0.3) is 5.91 Å². The first-order valence-corrected chi connectivity index (χ1v) is 11.7. The van der Waals surface area contributed by atoms with E-state index in [1.54, 1.807) is 33.5 Å². The van der Waals surface area contributed by atoms with Gasteiger partial charge in [-0.15, -0.1) is 0 Å². The molecule has 3 rings (SSSR count). The monoisotopic (exact) mass is 414 g/mol. The number of piperidine rings is 1. The van der Waals surface area contributed by atoms with E-state index in [0.717, 1.165) is 29.7 Å². The Hall–Kier alpha value is -2.18. The van der Waals surface area contributed by atoms with Gasteiger partial charge in [0, 0.05) is 30.9 Å². The summed E-state index contributed by atoms with van der Waals surface area (Å²) < 4.78 is 27.3. The molecule has 29 heavy (non-hydrogen) atoms. The topological polar surface area (TPSA) is 57.7 Å². The molecule has 1 saturated heterocycles. The van der Waals surface area contributed by atoms with Crippen molar-refractivity contribution in [1.29, 1.82) is 0 Å². The molecule has 0 radical (unpaired) electrons. The molecule has 0 unspecified atom stereocenters. The van der Waals surface area contributed by atoms with Crippen LogP contribution in [-0.4, -0.2) is 38.3 Å². The maximum absolute atomic E-state index is 13.1. The van der Waals surface area contributed by atoms with Gasteiger partial charge >= 0.3 is 0 Å². The molecule has 156 valence electrons. The quantitative estimate of drug-likeness (QED) is 0.729. The van der Waals surface area contributed by atoms with Crippen LogP contribution in [0.4, 0.5) is 5.69 Å². The van der Waals surface area contributed by atoms with Crippen molar-refractivity contribution in [3.8, 4) is 0 Å². The first kappa shape index (κ1) is 21.5. The second kappa shape index (κ2) is 8.67. The molecule has 2 aromatic rings. The van der Waals surface area contributed by atoms with Gasteiger partial charge in [-0.1, -0.05) is 13.0 Å². The van der Waals surface area contributed by atoms with Crippen molar-refractivity contribution in [2.24, 2.45) is 5.92 Å². The van der Waals surface area contributed by atoms with Crippen molar-refractivity contribution in [3.63, 3.8) is 0 Å². The SMILES string of the molecule is CCN(C(=O)c1ccc(S(=O)(=O)N2CCC(C)CC2)cc1)c1cc(C)cc(C)c1. The highest BCUT2D eigenvalue weighted by molar-refractivity contribution is 7.89. The molecule has 0 spiro atoms. The molecule has 0 aliphatic carbocycles. The lowest BCUT2D eigenvalue weighted by molar-refractivity contribution is 0.0988. The van der Waals surface area contributed by atoms with Crippen molar-refractivity contribution in [1.82, 2.24) is 4.31 Å². The number of amides is 1. The lowest BCUT2D eigenvalue weighted by atomic mass is 10.0. The first-order chi connectivity index (χ1) is 13.7. The van der Waals surface area contributed by atoms with E-state index in [0.29, 0.717) is 31.1 Å². The summed E-state index contributed by atoms with van der Waals surface area (Å²) >= 11 is 0. The molecule has 1 fully saturated rings. The smallest absolute Gasteiger partial charge is 0.258 e. The molecule has 0 atom stereocenters. The third-order valence-electron chi connectivity index (χ3n) is 5.56. The summed E-state index contributed by atoms with van der Waals surface area (Å²) in [4.78, 5) is 15.0. The van der Waals surface area contributed by atoms with E-state index in [4.69, 9.17) is 0 Å². The Morgan fingerprint density at radius 1 is 1.03 bits per heavy atom. The van der Waals surface area contributed by atoms with E-state index in [2.05, 4.69) is 13.0 Å². The highest BCUT2D eigenvalue weighted by Gasteiger charge is 2.28. The Morgan fingerprint density at radius 3 is 2.10 bits per heavy atom. The fourth-order valence-electron chi connectivity index (χ4n) is 3.85. The molecule has 1 aliphatic rings. The molecule has 5 nitrogen and oxygen atoms in total. The van der Waals surface area contributed by atoms with Crippen LogP contribution in [-0.2, 0) is 10.0 Å². The van der Waals surface area contributed by atoms with Crippen molar-refractivity contribution >= 4 is 21.6 Å². The lowest BCUT2D eigenvalue weighted by Gasteiger charge is -2.29. The molecule has 0 saturated carbocycles. The Labute approximate surface area is 174 Å². The van der Waals surface area contributed by atoms with Crippen LogP contribution in [0.1, 0.15) is 48.2 Å². The minimum Gasteiger partial charge on any atom is -0.309 e. The van der Waals surface area contributed by atoms with Crippen LogP contribution in [0.25, 0.3) is 0 Å². The van der Waals surface area contributed by atoms with E-state index in [9.17, 15) is 13.2 Å². The zero-order valence-electron chi connectivity index (χ0n) is 17.7. The van der Waals surface area contributed by atoms with Gasteiger partial charge < -0.3 is 4.90 Å². The summed E-state index contributed by atoms with van der Waals surface area (Å²) in [6.07, 6.45) is 1.77. The average Bonchev–Trinajstić information content (AvgIpc) is 2.68. The van der Waals surface area contributed by atoms with Gasteiger partial charge in [0.2, 0.25) is 10.0 Å². The van der Waals surface area contributed by atoms with Crippen LogP contribution in [0.2, 0.25) is 0 Å². The van der Waals surface area contributed by atoms with Crippen molar-refractivity contribution < 1.29 is 13.2 Å². The lowest BCUT2D eigenvalue weighted by Crippen LogP contribution is -2.37. The maximum atomic E-state index is 13.1. The van der Waals surface area contributed by atoms with Gasteiger partial charge in [-0.05, 0) is 87.1 Å². The highest BCUT2D eigenvalue weighted by Crippen LogP contribution is 2.25. The van der Waals surface area contributed by atoms with Crippen LogP contribution in [0.15, 0.2) is 47.4 Å². The van der Waals surface area contributed by atoms with E-state index in [1.165, 1.54) is 0 Å². The summed E-state index contributed by atoms with van der Waals surface area (Å²) in [7, 11) is -3.51. The van der Waals surface area contributed by atoms with Crippen molar-refractivity contribution in [3.05, 3.63) is 59.2 Å². The third kappa shape index (κ3) is 4.70. The van der Waals surface area contributed by atoms with Gasteiger partial charge in [0.15, 0.2) is 0 Å². The zero-order valence-corrected chi connectivity index (χ0v) is 18.5. The van der Waals surface area contributed by atoms with Gasteiger partial charge in [0.1, 0.15) is 0 Å². The Balaban J connectivity index is 1.82. The fraction of sp³-hybridized carbons (Fsp3) is 0.435. The number of carbonyl (C=O) groups is 1. The first-order valence-electron chi connectivity index (χ1n) is 10.2. The number of aryl methyl sites for hydroxylation is 2. The second-order valence-electron chi connectivity index (χ2n) is 8.01. The molecular formula is C23H30N2O3S. The predicted octanol–water partition coefficient (Wildman–Crippen LogP) is 4.39. The normalized spacial score (nSPS) is 16.0. The fourth-order valence-corrected chi connectivity index (χ4v) is 5.32. The number of sulfonamides is 1. The van der Waals surface area contributed by atoms with Gasteiger partial charge in [-0.3, -0.25) is 4.79 Å². The van der Waals surface area contributed by atoms with Crippen LogP contribution in [0.3, 0.4) is 0 Å². The van der Waals surface area contributed by atoms with Crippen molar-refractivity contribution in [2.75, 3.05) is 24.5 Å². The van der Waals surface area contributed by atoms with E-state index < -0.39 is 10.0 Å². The average molecular weight is 415 g/mol. The van der Waals surface area contributed by atoms with Crippen LogP contribution in [0.5, 0.6) is 0 Å². The molecule has 0 N–H and O–H groups in total. The number of carbonyl (C=O) groups excluding carboxylic acids is 1. The number of anilines is 1. The summed E-state index contributed by atoms with van der Waals surface area (Å²) in [5.74, 6) is 0.431. The molecule has 2 aromatic carbocycles. The third-order valence-corrected chi connectivity index (χ3v) is 7.47. The van der Waals surface area contributed by atoms with E-state index in [1.807, 2.05) is 32.9 Å². The Morgan fingerprint density at radius 2 is 1.59 bits per heavy atom. The minimum atomic E-state index is -3.51. The molecule has 6 heteroatoms. The number of rotatable bonds is 5. The molecule has 1 heterocycles. The largest absolute Gasteiger partial charge is 0.309 e. The van der Waals surface area contributed by atoms with Crippen LogP contribution >= 0.6 is 0 Å². The molecule has 0 aromatic heterocycles. The summed E-state index contributed by atoms with van der Waals surface area (Å²) in [6, 6.07) is 12.4. The summed E-state index contributed by atoms with van der Waals surface area (Å²) in [5, 5.41) is 0.